The zero-order valence-electron chi connectivity index (χ0n) is 14.1. The van der Waals surface area contributed by atoms with Gasteiger partial charge in [0.25, 0.3) is 0 Å². The van der Waals surface area contributed by atoms with Crippen LogP contribution >= 0.6 is 34.8 Å². The minimum Gasteiger partial charge on any atom is -0.508 e. The lowest BCUT2D eigenvalue weighted by Gasteiger charge is -1.96. The lowest BCUT2D eigenvalue weighted by Crippen LogP contribution is -2.01. The van der Waals surface area contributed by atoms with E-state index >= 15 is 0 Å². The summed E-state index contributed by atoms with van der Waals surface area (Å²) in [5.74, 6) is 0.556. The summed E-state index contributed by atoms with van der Waals surface area (Å²) in [7, 11) is 0. The summed E-state index contributed by atoms with van der Waals surface area (Å²) in [5, 5.41) is 17.6. The Balaban J connectivity index is 0.000000204. The van der Waals surface area contributed by atoms with Crippen LogP contribution in [0.4, 0.5) is 5.69 Å². The number of benzene rings is 2. The predicted molar refractivity (Wildman–Crippen MR) is 108 cm³/mol. The Morgan fingerprint density at radius 3 is 1.41 bits per heavy atom. The van der Waals surface area contributed by atoms with Crippen LogP contribution in [0.3, 0.4) is 0 Å². The molecule has 0 saturated heterocycles. The number of nitrogens with zero attached hydrogens (tertiary/aromatic N) is 3. The topological polar surface area (TPSA) is 131 Å². The van der Waals surface area contributed by atoms with Crippen LogP contribution in [0, 0.1) is 0 Å². The van der Waals surface area contributed by atoms with Crippen LogP contribution in [0.5, 0.6) is 11.5 Å². The summed E-state index contributed by atoms with van der Waals surface area (Å²) in [6, 6.07) is 13.5. The molecular formula is C17H18Cl3N5O2. The number of aromatic hydroxyl groups is 2. The number of phenols is 2. The fourth-order valence-electron chi connectivity index (χ4n) is 1.61. The first-order chi connectivity index (χ1) is 12.8. The standard InChI is InChI=1S/C8H11NO.C6H7NO.C3Cl3N3/c9-6-5-7-1-3-8(10)4-2-7;7-5-1-3-6(8)4-2-5;4-1-7-2(5)9-3(6)8-1/h1-4,10H,5-6,9H2;1-4,8H,7H2;. The number of hydrogen-bond donors (Lipinski definition) is 4. The van der Waals surface area contributed by atoms with Crippen LogP contribution in [0.2, 0.25) is 15.9 Å². The van der Waals surface area contributed by atoms with Gasteiger partial charge in [-0.15, -0.1) is 0 Å². The van der Waals surface area contributed by atoms with Crippen molar-refractivity contribution >= 4 is 40.5 Å². The summed E-state index contributed by atoms with van der Waals surface area (Å²) < 4.78 is 0. The van der Waals surface area contributed by atoms with Crippen molar-refractivity contribution in [1.82, 2.24) is 15.0 Å². The van der Waals surface area contributed by atoms with E-state index in [1.807, 2.05) is 12.1 Å². The van der Waals surface area contributed by atoms with E-state index in [2.05, 4.69) is 15.0 Å². The third kappa shape index (κ3) is 10.4. The molecule has 0 spiro atoms. The van der Waals surface area contributed by atoms with E-state index in [9.17, 15) is 0 Å². The van der Waals surface area contributed by atoms with Crippen LogP contribution in [-0.2, 0) is 6.42 Å². The maximum absolute atomic E-state index is 8.89. The summed E-state index contributed by atoms with van der Waals surface area (Å²) in [4.78, 5) is 10.4. The van der Waals surface area contributed by atoms with Crippen LogP contribution in [0.1, 0.15) is 5.56 Å². The first-order valence-corrected chi connectivity index (χ1v) is 8.68. The largest absolute Gasteiger partial charge is 0.508 e. The number of nitrogen functional groups attached to an aromatic ring is 1. The van der Waals surface area contributed by atoms with Crippen LogP contribution < -0.4 is 11.5 Å². The molecule has 0 bridgehead atoms. The van der Waals surface area contributed by atoms with Crippen LogP contribution in [-0.4, -0.2) is 31.7 Å². The molecule has 0 atom stereocenters. The summed E-state index contributed by atoms with van der Waals surface area (Å²) in [6.07, 6.45) is 0.875. The van der Waals surface area contributed by atoms with E-state index in [0.717, 1.165) is 6.42 Å². The molecule has 1 aromatic heterocycles. The minimum atomic E-state index is 0.000000000000000444. The maximum Gasteiger partial charge on any atom is 0.227 e. The third-order valence-corrected chi connectivity index (χ3v) is 3.32. The highest BCUT2D eigenvalue weighted by Gasteiger charge is 1.97. The van der Waals surface area contributed by atoms with Gasteiger partial charge in [-0.25, -0.2) is 0 Å². The smallest absolute Gasteiger partial charge is 0.227 e. The number of aromatic nitrogens is 3. The first kappa shape index (κ1) is 22.7. The molecule has 0 aliphatic heterocycles. The molecule has 3 rings (SSSR count). The fourth-order valence-corrected chi connectivity index (χ4v) is 2.22. The van der Waals surface area contributed by atoms with Gasteiger partial charge in [0, 0.05) is 5.69 Å². The van der Waals surface area contributed by atoms with Gasteiger partial charge in [-0.1, -0.05) is 12.1 Å². The lowest BCUT2D eigenvalue weighted by molar-refractivity contribution is 0.474. The molecule has 0 radical (unpaired) electrons. The molecule has 3 aromatic rings. The molecule has 27 heavy (non-hydrogen) atoms. The van der Waals surface area contributed by atoms with Gasteiger partial charge in [0.05, 0.1) is 0 Å². The molecule has 0 aliphatic rings. The Morgan fingerprint density at radius 2 is 1.07 bits per heavy atom. The van der Waals surface area contributed by atoms with Crippen molar-refractivity contribution in [2.75, 3.05) is 12.3 Å². The van der Waals surface area contributed by atoms with Gasteiger partial charge in [-0.3, -0.25) is 0 Å². The van der Waals surface area contributed by atoms with Gasteiger partial charge in [-0.2, -0.15) is 15.0 Å². The summed E-state index contributed by atoms with van der Waals surface area (Å²) >= 11 is 16.0. The van der Waals surface area contributed by atoms with Crippen molar-refractivity contribution in [2.24, 2.45) is 5.73 Å². The monoisotopic (exact) mass is 429 g/mol. The number of hydrogen-bond acceptors (Lipinski definition) is 7. The summed E-state index contributed by atoms with van der Waals surface area (Å²) in [5.41, 5.74) is 12.5. The maximum atomic E-state index is 8.89. The Morgan fingerprint density at radius 1 is 0.704 bits per heavy atom. The molecule has 144 valence electrons. The Labute approximate surface area is 171 Å². The zero-order chi connectivity index (χ0) is 20.2. The van der Waals surface area contributed by atoms with Crippen molar-refractivity contribution in [1.29, 1.82) is 0 Å². The quantitative estimate of drug-likeness (QED) is 0.360. The number of nitrogens with two attached hydrogens (primary N) is 2. The number of rotatable bonds is 2. The van der Waals surface area contributed by atoms with E-state index in [0.29, 0.717) is 18.0 Å². The van der Waals surface area contributed by atoms with Crippen LogP contribution in [0.15, 0.2) is 48.5 Å². The van der Waals surface area contributed by atoms with Crippen molar-refractivity contribution < 1.29 is 10.2 Å². The van der Waals surface area contributed by atoms with Gasteiger partial charge < -0.3 is 21.7 Å². The average Bonchev–Trinajstić information content (AvgIpc) is 2.60. The van der Waals surface area contributed by atoms with Gasteiger partial charge in [0.15, 0.2) is 0 Å². The van der Waals surface area contributed by atoms with E-state index in [4.69, 9.17) is 56.5 Å². The second-order valence-corrected chi connectivity index (χ2v) is 5.95. The van der Waals surface area contributed by atoms with E-state index in [1.165, 1.54) is 5.56 Å². The Hall–Kier alpha value is -2.32. The molecule has 0 fully saturated rings. The molecule has 7 nitrogen and oxygen atoms in total. The van der Waals surface area contributed by atoms with Gasteiger partial charge in [-0.05, 0) is 89.7 Å². The lowest BCUT2D eigenvalue weighted by atomic mass is 10.1. The zero-order valence-corrected chi connectivity index (χ0v) is 16.3. The minimum absolute atomic E-state index is 0.000000000000000444. The normalized spacial score (nSPS) is 9.48. The fraction of sp³-hybridized carbons (Fsp3) is 0.118. The molecule has 6 N–H and O–H groups in total. The Kier molecular flexibility index (Phi) is 10.2. The predicted octanol–water partition coefficient (Wildman–Crippen LogP) is 3.70. The molecule has 0 aliphatic carbocycles. The highest BCUT2D eigenvalue weighted by atomic mass is 35.5. The number of anilines is 1. The molecule has 1 heterocycles. The number of halogens is 3. The van der Waals surface area contributed by atoms with Gasteiger partial charge in [0.1, 0.15) is 11.5 Å². The van der Waals surface area contributed by atoms with Gasteiger partial charge >= 0.3 is 0 Å². The highest BCUT2D eigenvalue weighted by molar-refractivity contribution is 6.33. The first-order valence-electron chi connectivity index (χ1n) is 7.55. The van der Waals surface area contributed by atoms with Crippen molar-refractivity contribution in [3.63, 3.8) is 0 Å². The molecule has 0 amide bonds. The third-order valence-electron chi connectivity index (χ3n) is 2.82. The van der Waals surface area contributed by atoms with Crippen molar-refractivity contribution in [2.45, 2.75) is 6.42 Å². The summed E-state index contributed by atoms with van der Waals surface area (Å²) in [6.45, 7) is 0.658. The van der Waals surface area contributed by atoms with E-state index in [1.54, 1.807) is 36.4 Å². The highest BCUT2D eigenvalue weighted by Crippen LogP contribution is 2.10. The molecule has 2 aromatic carbocycles. The Bertz CT molecular complexity index is 746. The number of phenolic OH excluding ortho intramolecular Hbond substituents is 2. The van der Waals surface area contributed by atoms with Crippen molar-refractivity contribution in [3.05, 3.63) is 69.9 Å². The molecule has 0 unspecified atom stereocenters. The van der Waals surface area contributed by atoms with Crippen molar-refractivity contribution in [3.8, 4) is 11.5 Å². The molecular weight excluding hydrogens is 413 g/mol. The SMILES string of the molecule is Clc1nc(Cl)nc(Cl)n1.NCCc1ccc(O)cc1.Nc1ccc(O)cc1. The second kappa shape index (κ2) is 12.1. The van der Waals surface area contributed by atoms with E-state index in [-0.39, 0.29) is 21.6 Å². The average molecular weight is 431 g/mol. The second-order valence-electron chi connectivity index (χ2n) is 4.94. The van der Waals surface area contributed by atoms with Gasteiger partial charge in [0.2, 0.25) is 15.9 Å². The molecule has 0 saturated carbocycles. The molecule has 10 heteroatoms. The van der Waals surface area contributed by atoms with E-state index < -0.39 is 0 Å². The van der Waals surface area contributed by atoms with Crippen LogP contribution in [0.25, 0.3) is 0 Å².